The van der Waals surface area contributed by atoms with Crippen LogP contribution in [-0.2, 0) is 11.9 Å². The van der Waals surface area contributed by atoms with E-state index in [1.54, 1.807) is 13.0 Å². The van der Waals surface area contributed by atoms with Gasteiger partial charge >= 0.3 is 7.82 Å². The molecule has 0 heterocycles. The van der Waals surface area contributed by atoms with Gasteiger partial charge in [0.1, 0.15) is 23.0 Å². The Balaban J connectivity index is 2.52. The largest absolute Gasteiger partial charge is 0.484 e. The highest BCUT2D eigenvalue weighted by atomic mass is 127. The van der Waals surface area contributed by atoms with Crippen molar-refractivity contribution in [3.63, 3.8) is 0 Å². The number of hydrogen-bond donors (Lipinski definition) is 1. The van der Waals surface area contributed by atoms with Crippen LogP contribution in [0.5, 0.6) is 5.75 Å². The van der Waals surface area contributed by atoms with Crippen molar-refractivity contribution in [1.29, 1.82) is 0 Å². The predicted octanol–water partition coefficient (Wildman–Crippen LogP) is 2.95. The molecule has 0 spiro atoms. The maximum Gasteiger partial charge on any atom is 0.484 e. The van der Waals surface area contributed by atoms with Crippen molar-refractivity contribution in [2.45, 2.75) is 6.92 Å². The Morgan fingerprint density at radius 3 is 2.81 bits per heavy atom. The van der Waals surface area contributed by atoms with E-state index in [1.807, 2.05) is 0 Å². The van der Waals surface area contributed by atoms with Crippen molar-refractivity contribution in [3.05, 3.63) is 29.6 Å². The summed E-state index contributed by atoms with van der Waals surface area (Å²) in [6.07, 6.45) is 0. The summed E-state index contributed by atoms with van der Waals surface area (Å²) in [6, 6.07) is 4.33. The SMILES string of the molecule is Cc1ccc(OCOP(=O)(O)OI)c(F)c1. The summed E-state index contributed by atoms with van der Waals surface area (Å²) in [7, 11) is -4.10. The third kappa shape index (κ3) is 4.34. The van der Waals surface area contributed by atoms with E-state index in [9.17, 15) is 8.96 Å². The van der Waals surface area contributed by atoms with E-state index in [2.05, 4.69) is 7.38 Å². The number of halogens is 2. The molecule has 16 heavy (non-hydrogen) atoms. The van der Waals surface area contributed by atoms with Crippen LogP contribution in [0.2, 0.25) is 0 Å². The maximum absolute atomic E-state index is 13.2. The monoisotopic (exact) mass is 362 g/mol. The first-order chi connectivity index (χ1) is 7.44. The molecule has 0 amide bonds. The molecule has 0 aliphatic carbocycles. The zero-order valence-corrected chi connectivity index (χ0v) is 11.3. The highest BCUT2D eigenvalue weighted by Crippen LogP contribution is 2.45. The van der Waals surface area contributed by atoms with Gasteiger partial charge in [0, 0.05) is 0 Å². The molecule has 1 rings (SSSR count). The Morgan fingerprint density at radius 2 is 2.25 bits per heavy atom. The van der Waals surface area contributed by atoms with Crippen molar-refractivity contribution in [3.8, 4) is 5.75 Å². The van der Waals surface area contributed by atoms with Crippen molar-refractivity contribution >= 4 is 30.8 Å². The summed E-state index contributed by atoms with van der Waals surface area (Å²) in [6.45, 7) is 1.16. The van der Waals surface area contributed by atoms with Crippen LogP contribution in [0.4, 0.5) is 4.39 Å². The van der Waals surface area contributed by atoms with Crippen molar-refractivity contribution in [1.82, 2.24) is 0 Å². The van der Waals surface area contributed by atoms with Gasteiger partial charge < -0.3 is 9.63 Å². The molecular formula is C8H9FIO5P. The summed E-state index contributed by atoms with van der Waals surface area (Å²) < 4.78 is 37.3. The van der Waals surface area contributed by atoms with Crippen LogP contribution in [0, 0.1) is 12.7 Å². The van der Waals surface area contributed by atoms with Crippen LogP contribution < -0.4 is 4.74 Å². The lowest BCUT2D eigenvalue weighted by Crippen LogP contribution is -2.02. The van der Waals surface area contributed by atoms with Gasteiger partial charge in [0.2, 0.25) is 6.79 Å². The van der Waals surface area contributed by atoms with Crippen LogP contribution in [-0.4, -0.2) is 11.7 Å². The van der Waals surface area contributed by atoms with E-state index >= 15 is 0 Å². The first-order valence-electron chi connectivity index (χ1n) is 4.11. The fourth-order valence-corrected chi connectivity index (χ4v) is 1.47. The molecule has 1 aromatic carbocycles. The first-order valence-corrected chi connectivity index (χ1v) is 6.49. The van der Waals surface area contributed by atoms with Crippen LogP contribution in [0.15, 0.2) is 18.2 Å². The van der Waals surface area contributed by atoms with E-state index in [4.69, 9.17) is 9.63 Å². The molecule has 0 saturated heterocycles. The third-order valence-corrected chi connectivity index (χ3v) is 3.70. The van der Waals surface area contributed by atoms with Crippen molar-refractivity contribution in [2.75, 3.05) is 6.79 Å². The first kappa shape index (κ1) is 13.9. The van der Waals surface area contributed by atoms with Gasteiger partial charge in [0.25, 0.3) is 0 Å². The molecule has 90 valence electrons. The average molecular weight is 362 g/mol. The molecule has 1 unspecified atom stereocenters. The number of hydrogen-bond acceptors (Lipinski definition) is 4. The normalized spacial score (nSPS) is 14.5. The van der Waals surface area contributed by atoms with Gasteiger partial charge in [0.15, 0.2) is 11.6 Å². The lowest BCUT2D eigenvalue weighted by atomic mass is 10.2. The maximum atomic E-state index is 13.2. The zero-order valence-electron chi connectivity index (χ0n) is 8.22. The summed E-state index contributed by atoms with van der Waals surface area (Å²) in [5, 5.41) is 0. The van der Waals surface area contributed by atoms with E-state index < -0.39 is 20.4 Å². The number of ether oxygens (including phenoxy) is 1. The minimum Gasteiger partial charge on any atom is -0.464 e. The van der Waals surface area contributed by atoms with Gasteiger partial charge in [-0.05, 0) is 24.6 Å². The summed E-state index contributed by atoms with van der Waals surface area (Å²) >= 11 is 1.23. The number of phosphoric acid groups is 1. The van der Waals surface area contributed by atoms with E-state index in [0.717, 1.165) is 5.56 Å². The molecule has 1 aromatic rings. The number of phosphoric ester groups is 1. The van der Waals surface area contributed by atoms with E-state index in [0.29, 0.717) is 0 Å². The highest BCUT2D eigenvalue weighted by Gasteiger charge is 2.20. The van der Waals surface area contributed by atoms with Crippen molar-refractivity contribution < 1.29 is 26.0 Å². The number of aryl methyl sites for hydroxylation is 1. The Morgan fingerprint density at radius 1 is 1.56 bits per heavy atom. The predicted molar refractivity (Wildman–Crippen MR) is 62.6 cm³/mol. The number of benzene rings is 1. The molecule has 0 aliphatic rings. The smallest absolute Gasteiger partial charge is 0.464 e. The summed E-state index contributed by atoms with van der Waals surface area (Å²) in [4.78, 5) is 8.84. The van der Waals surface area contributed by atoms with Gasteiger partial charge in [-0.1, -0.05) is 6.07 Å². The number of rotatable bonds is 5. The van der Waals surface area contributed by atoms with Crippen LogP contribution in [0.3, 0.4) is 0 Å². The van der Waals surface area contributed by atoms with Crippen LogP contribution in [0.25, 0.3) is 0 Å². The minimum atomic E-state index is -4.10. The highest BCUT2D eigenvalue weighted by molar-refractivity contribution is 14.1. The third-order valence-electron chi connectivity index (χ3n) is 1.60. The van der Waals surface area contributed by atoms with Gasteiger partial charge in [-0.15, -0.1) is 0 Å². The quantitative estimate of drug-likeness (QED) is 0.496. The summed E-state index contributed by atoms with van der Waals surface area (Å²) in [5.74, 6) is -0.620. The Bertz CT molecular complexity index is 413. The fraction of sp³-hybridized carbons (Fsp3) is 0.250. The second-order valence-corrected chi connectivity index (χ2v) is 5.38. The van der Waals surface area contributed by atoms with E-state index in [1.165, 1.54) is 35.1 Å². The minimum absolute atomic E-state index is 0.0564. The second-order valence-electron chi connectivity index (χ2n) is 2.86. The Kier molecular flexibility index (Phi) is 5.13. The Labute approximate surface area is 106 Å². The molecule has 0 aromatic heterocycles. The topological polar surface area (TPSA) is 65.0 Å². The molecule has 0 bridgehead atoms. The van der Waals surface area contributed by atoms with Gasteiger partial charge in [0.05, 0.1) is 0 Å². The molecular weight excluding hydrogens is 353 g/mol. The van der Waals surface area contributed by atoms with Gasteiger partial charge in [-0.25, -0.2) is 16.3 Å². The van der Waals surface area contributed by atoms with E-state index in [-0.39, 0.29) is 5.75 Å². The molecule has 0 radical (unpaired) electrons. The molecule has 0 fully saturated rings. The lowest BCUT2D eigenvalue weighted by Gasteiger charge is -2.10. The average Bonchev–Trinajstić information content (AvgIpc) is 2.21. The summed E-state index contributed by atoms with van der Waals surface area (Å²) in [5.41, 5.74) is 0.745. The zero-order chi connectivity index (χ0) is 12.2. The molecule has 0 aliphatic heterocycles. The van der Waals surface area contributed by atoms with Gasteiger partial charge in [-0.3, -0.25) is 0 Å². The Hall–Kier alpha value is -0.210. The van der Waals surface area contributed by atoms with Crippen LogP contribution >= 0.6 is 30.8 Å². The fourth-order valence-electron chi connectivity index (χ4n) is 0.899. The molecule has 1 N–H and O–H groups in total. The van der Waals surface area contributed by atoms with Crippen LogP contribution in [0.1, 0.15) is 5.56 Å². The standard InChI is InChI=1S/C8H9FIO5P/c1-6-2-3-8(7(9)4-6)13-5-14-16(11,12)15-10/h2-4H,5H2,1H3,(H,11,12). The molecule has 8 heteroatoms. The van der Waals surface area contributed by atoms with Gasteiger partial charge in [-0.2, -0.15) is 0 Å². The molecule has 5 nitrogen and oxygen atoms in total. The second kappa shape index (κ2) is 5.92. The molecule has 1 atom stereocenters. The molecule has 0 saturated carbocycles. The lowest BCUT2D eigenvalue weighted by molar-refractivity contribution is 0.0876. The van der Waals surface area contributed by atoms with Crippen molar-refractivity contribution in [2.24, 2.45) is 0 Å².